The van der Waals surface area contributed by atoms with Gasteiger partial charge in [0.15, 0.2) is 0 Å². The third-order valence-electron chi connectivity index (χ3n) is 1.74. The molecule has 0 heterocycles. The smallest absolute Gasteiger partial charge is 1.00 e. The zero-order valence-electron chi connectivity index (χ0n) is 12.9. The molecule has 0 aliphatic rings. The maximum atomic E-state index is 11.4. The van der Waals surface area contributed by atoms with E-state index in [1.807, 2.05) is 6.92 Å². The predicted octanol–water partition coefficient (Wildman–Crippen LogP) is -3.26. The Morgan fingerprint density at radius 2 is 1.78 bits per heavy atom. The molecule has 0 spiro atoms. The Kier molecular flexibility index (Phi) is 14.4. The van der Waals surface area contributed by atoms with Crippen molar-refractivity contribution in [2.45, 2.75) is 6.92 Å². The number of hydrogen-bond acceptors (Lipinski definition) is 3. The molecule has 3 nitrogen and oxygen atoms in total. The summed E-state index contributed by atoms with van der Waals surface area (Å²) in [6.45, 7) is 1.82. The SMILES string of the molecule is C/C=C/C=C/C(=O)OC(=O)c1ccccc1.[H-].[H-].[K+].[Na+]. The van der Waals surface area contributed by atoms with Gasteiger partial charge in [-0.15, -0.1) is 0 Å². The summed E-state index contributed by atoms with van der Waals surface area (Å²) >= 11 is 0. The average molecular weight is 280 g/mol. The van der Waals surface area contributed by atoms with Crippen LogP contribution in [0.3, 0.4) is 0 Å². The molecule has 86 valence electrons. The second-order valence-corrected chi connectivity index (χ2v) is 2.96. The summed E-state index contributed by atoms with van der Waals surface area (Å²) in [5, 5.41) is 0. The van der Waals surface area contributed by atoms with Crippen molar-refractivity contribution >= 4 is 11.9 Å². The van der Waals surface area contributed by atoms with Crippen LogP contribution >= 0.6 is 0 Å². The summed E-state index contributed by atoms with van der Waals surface area (Å²) in [5.41, 5.74) is 0.357. The maximum Gasteiger partial charge on any atom is 1.00 e. The van der Waals surface area contributed by atoms with Gasteiger partial charge in [0.2, 0.25) is 0 Å². The minimum atomic E-state index is -0.674. The molecule has 0 unspecified atom stereocenters. The van der Waals surface area contributed by atoms with Gasteiger partial charge in [-0.3, -0.25) is 0 Å². The number of carbonyl (C=O) groups excluding carboxylic acids is 2. The molecule has 0 saturated carbocycles. The van der Waals surface area contributed by atoms with Crippen molar-refractivity contribution in [3.8, 4) is 0 Å². The standard InChI is InChI=1S/C13H12O3.K.Na.2H/c1-2-3-5-10-12(14)16-13(15)11-8-6-4-7-9-11;;;;/h2-10H,1H3;;;;/q;2*+1;2*-1/b3-2+,10-5+;;;;. The number of carbonyl (C=O) groups is 2. The summed E-state index contributed by atoms with van der Waals surface area (Å²) in [7, 11) is 0. The van der Waals surface area contributed by atoms with Gasteiger partial charge < -0.3 is 7.59 Å². The molecule has 0 atom stereocenters. The Labute approximate surface area is 174 Å². The Morgan fingerprint density at radius 1 is 1.17 bits per heavy atom. The van der Waals surface area contributed by atoms with Crippen LogP contribution in [-0.2, 0) is 9.53 Å². The second kappa shape index (κ2) is 12.5. The second-order valence-electron chi connectivity index (χ2n) is 2.96. The first-order chi connectivity index (χ1) is 7.74. The number of allylic oxidation sites excluding steroid dienone is 3. The Hall–Kier alpha value is 0.476. The maximum absolute atomic E-state index is 11.4. The summed E-state index contributed by atoms with van der Waals surface area (Å²) in [6, 6.07) is 8.37. The van der Waals surface area contributed by atoms with E-state index in [0.717, 1.165) is 0 Å². The van der Waals surface area contributed by atoms with Crippen molar-refractivity contribution in [2.75, 3.05) is 0 Å². The molecule has 18 heavy (non-hydrogen) atoms. The normalized spacial score (nSPS) is 9.61. The molecule has 0 saturated heterocycles. The van der Waals surface area contributed by atoms with Crippen LogP contribution in [0.4, 0.5) is 0 Å². The third kappa shape index (κ3) is 8.56. The minimum absolute atomic E-state index is 0. The van der Waals surface area contributed by atoms with E-state index in [1.165, 1.54) is 12.2 Å². The van der Waals surface area contributed by atoms with Crippen molar-refractivity contribution in [1.82, 2.24) is 0 Å². The summed E-state index contributed by atoms with van der Waals surface area (Å²) in [4.78, 5) is 22.5. The van der Waals surface area contributed by atoms with E-state index in [9.17, 15) is 9.59 Å². The van der Waals surface area contributed by atoms with Gasteiger partial charge >= 0.3 is 92.9 Å². The molecule has 0 amide bonds. The van der Waals surface area contributed by atoms with Gasteiger partial charge in [-0.25, -0.2) is 9.59 Å². The van der Waals surface area contributed by atoms with Crippen LogP contribution in [-0.4, -0.2) is 11.9 Å². The van der Waals surface area contributed by atoms with Gasteiger partial charge in [-0.1, -0.05) is 36.4 Å². The fourth-order valence-corrected chi connectivity index (χ4v) is 1.00. The van der Waals surface area contributed by atoms with E-state index in [2.05, 4.69) is 4.74 Å². The van der Waals surface area contributed by atoms with Crippen molar-refractivity contribution in [1.29, 1.82) is 0 Å². The van der Waals surface area contributed by atoms with E-state index in [0.29, 0.717) is 5.56 Å². The van der Waals surface area contributed by atoms with Crippen molar-refractivity contribution in [3.63, 3.8) is 0 Å². The van der Waals surface area contributed by atoms with Gasteiger partial charge in [0, 0.05) is 6.08 Å². The van der Waals surface area contributed by atoms with Gasteiger partial charge in [-0.05, 0) is 19.1 Å². The van der Waals surface area contributed by atoms with E-state index in [1.54, 1.807) is 42.5 Å². The monoisotopic (exact) mass is 280 g/mol. The van der Waals surface area contributed by atoms with Crippen molar-refractivity contribution in [2.24, 2.45) is 0 Å². The topological polar surface area (TPSA) is 43.4 Å². The number of ether oxygens (including phenoxy) is 1. The van der Waals surface area contributed by atoms with E-state index in [-0.39, 0.29) is 83.8 Å². The van der Waals surface area contributed by atoms with Crippen LogP contribution in [0, 0.1) is 0 Å². The van der Waals surface area contributed by atoms with Crippen LogP contribution in [0.25, 0.3) is 0 Å². The molecule has 0 aliphatic heterocycles. The van der Waals surface area contributed by atoms with Gasteiger partial charge in [0.25, 0.3) is 0 Å². The predicted molar refractivity (Wildman–Crippen MR) is 63.0 cm³/mol. The van der Waals surface area contributed by atoms with Gasteiger partial charge in [0.05, 0.1) is 5.56 Å². The van der Waals surface area contributed by atoms with Crippen LogP contribution in [0.5, 0.6) is 0 Å². The summed E-state index contributed by atoms with van der Waals surface area (Å²) < 4.78 is 4.58. The first-order valence-corrected chi connectivity index (χ1v) is 4.84. The molecule has 0 bridgehead atoms. The fourth-order valence-electron chi connectivity index (χ4n) is 1.00. The quantitative estimate of drug-likeness (QED) is 0.192. The van der Waals surface area contributed by atoms with E-state index in [4.69, 9.17) is 0 Å². The fraction of sp³-hybridized carbons (Fsp3) is 0.0769. The molecule has 0 aromatic heterocycles. The Balaban J connectivity index is -0.000000320. The van der Waals surface area contributed by atoms with E-state index >= 15 is 0 Å². The molecular formula is C13H14KNaO3. The first-order valence-electron chi connectivity index (χ1n) is 4.84. The molecule has 5 heteroatoms. The number of rotatable bonds is 3. The molecule has 1 rings (SSSR count). The van der Waals surface area contributed by atoms with Crippen molar-refractivity contribution in [3.05, 3.63) is 60.2 Å². The molecule has 0 radical (unpaired) electrons. The molecule has 0 aliphatic carbocycles. The molecule has 0 N–H and O–H groups in total. The zero-order chi connectivity index (χ0) is 11.8. The van der Waals surface area contributed by atoms with Crippen LogP contribution < -0.4 is 80.9 Å². The van der Waals surface area contributed by atoms with Gasteiger partial charge in [0.1, 0.15) is 0 Å². The third-order valence-corrected chi connectivity index (χ3v) is 1.74. The van der Waals surface area contributed by atoms with Crippen molar-refractivity contribution < 1.29 is 98.1 Å². The molecule has 1 aromatic rings. The van der Waals surface area contributed by atoms with Crippen LogP contribution in [0.15, 0.2) is 54.6 Å². The average Bonchev–Trinajstić information content (AvgIpc) is 2.30. The number of benzene rings is 1. The zero-order valence-corrected chi connectivity index (χ0v) is 16.0. The molecular weight excluding hydrogens is 266 g/mol. The van der Waals surface area contributed by atoms with Gasteiger partial charge in [-0.2, -0.15) is 0 Å². The first kappa shape index (κ1) is 20.8. The largest absolute Gasteiger partial charge is 1.00 e. The van der Waals surface area contributed by atoms with Crippen LogP contribution in [0.1, 0.15) is 20.1 Å². The summed E-state index contributed by atoms with van der Waals surface area (Å²) in [6.07, 6.45) is 6.15. The van der Waals surface area contributed by atoms with Crippen LogP contribution in [0.2, 0.25) is 0 Å². The van der Waals surface area contributed by atoms with E-state index < -0.39 is 11.9 Å². The number of hydrogen-bond donors (Lipinski definition) is 0. The minimum Gasteiger partial charge on any atom is -1.00 e. The summed E-state index contributed by atoms with van der Waals surface area (Å²) in [5.74, 6) is -1.32. The molecule has 1 aromatic carbocycles. The Bertz CT molecular complexity index is 437. The Morgan fingerprint density at radius 3 is 2.33 bits per heavy atom. The number of esters is 2. The molecule has 0 fully saturated rings.